The van der Waals surface area contributed by atoms with Crippen LogP contribution < -0.4 is 15.2 Å². The van der Waals surface area contributed by atoms with Gasteiger partial charge in [-0.15, -0.1) is 0 Å². The number of hydrogen-bond donors (Lipinski definition) is 2. The second-order valence-electron chi connectivity index (χ2n) is 7.88. The molecular weight excluding hydrogens is 402 g/mol. The molecule has 9 heteroatoms. The Bertz CT molecular complexity index is 1180. The molecule has 1 aromatic carbocycles. The lowest BCUT2D eigenvalue weighted by Gasteiger charge is -2.17. The van der Waals surface area contributed by atoms with Crippen LogP contribution in [0.25, 0.3) is 11.0 Å². The van der Waals surface area contributed by atoms with Crippen LogP contribution in [0.2, 0.25) is 0 Å². The van der Waals surface area contributed by atoms with Gasteiger partial charge < -0.3 is 10.1 Å². The van der Waals surface area contributed by atoms with Crippen molar-refractivity contribution >= 4 is 27.0 Å². The maximum atomic E-state index is 11.4. The van der Waals surface area contributed by atoms with Crippen LogP contribution in [0.3, 0.4) is 0 Å². The summed E-state index contributed by atoms with van der Waals surface area (Å²) in [6.45, 7) is 5.83. The molecule has 2 aromatic heterocycles. The highest BCUT2D eigenvalue weighted by Gasteiger charge is 2.26. The van der Waals surface area contributed by atoms with E-state index in [1.807, 2.05) is 32.9 Å². The first-order valence-electron chi connectivity index (χ1n) is 9.95. The minimum Gasteiger partial charge on any atom is -0.473 e. The number of benzene rings is 1. The van der Waals surface area contributed by atoms with Gasteiger partial charge in [-0.1, -0.05) is 12.1 Å². The maximum Gasteiger partial charge on any atom is 0.245 e. The highest BCUT2D eigenvalue weighted by Crippen LogP contribution is 2.40. The normalized spacial score (nSPS) is 15.4. The van der Waals surface area contributed by atoms with E-state index < -0.39 is 10.0 Å². The third kappa shape index (κ3) is 4.52. The molecule has 1 saturated carbocycles. The molecule has 30 heavy (non-hydrogen) atoms. The van der Waals surface area contributed by atoms with E-state index in [0.29, 0.717) is 28.8 Å². The zero-order valence-electron chi connectivity index (χ0n) is 17.2. The summed E-state index contributed by atoms with van der Waals surface area (Å²) < 4.78 is 28.8. The van der Waals surface area contributed by atoms with Gasteiger partial charge >= 0.3 is 0 Å². The Labute approximate surface area is 176 Å². The van der Waals surface area contributed by atoms with Crippen LogP contribution in [0.1, 0.15) is 56.8 Å². The molecule has 0 aliphatic heterocycles. The SMILES string of the molecule is CC(C)Oc1nc(N[C@H](C)c2ccc(S(N)(=O)=O)cc2)nc2ccc(C3CC3)nc12. The largest absolute Gasteiger partial charge is 0.473 e. The van der Waals surface area contributed by atoms with Crippen molar-refractivity contribution in [3.63, 3.8) is 0 Å². The monoisotopic (exact) mass is 427 g/mol. The Morgan fingerprint density at radius 3 is 2.33 bits per heavy atom. The Morgan fingerprint density at radius 2 is 1.73 bits per heavy atom. The number of aromatic nitrogens is 3. The van der Waals surface area contributed by atoms with E-state index in [4.69, 9.17) is 14.9 Å². The number of nitrogens with two attached hydrogens (primary N) is 1. The standard InChI is InChI=1S/C21H25N5O3S/c1-12(2)29-20-19-18(11-10-17(24-19)15-4-5-15)25-21(26-20)23-13(3)14-6-8-16(9-7-14)30(22,27)28/h6-13,15H,4-5H2,1-3H3,(H2,22,27,28)(H,23,25,26)/t13-/m1/s1. The number of hydrogen-bond acceptors (Lipinski definition) is 7. The summed E-state index contributed by atoms with van der Waals surface area (Å²) in [7, 11) is -3.72. The van der Waals surface area contributed by atoms with Gasteiger partial charge in [0.05, 0.1) is 22.6 Å². The molecule has 158 valence electrons. The molecule has 0 amide bonds. The summed E-state index contributed by atoms with van der Waals surface area (Å²) in [6.07, 6.45) is 2.29. The number of primary sulfonamides is 1. The van der Waals surface area contributed by atoms with Gasteiger partial charge in [-0.25, -0.2) is 23.5 Å². The molecule has 1 aliphatic carbocycles. The van der Waals surface area contributed by atoms with E-state index >= 15 is 0 Å². The van der Waals surface area contributed by atoms with E-state index in [1.54, 1.807) is 12.1 Å². The molecule has 0 radical (unpaired) electrons. The van der Waals surface area contributed by atoms with Gasteiger partial charge in [-0.3, -0.25) is 0 Å². The minimum atomic E-state index is -3.72. The average molecular weight is 428 g/mol. The number of pyridine rings is 1. The second kappa shape index (κ2) is 7.81. The average Bonchev–Trinajstić information content (AvgIpc) is 3.52. The summed E-state index contributed by atoms with van der Waals surface area (Å²) in [4.78, 5) is 14.0. The molecule has 1 fully saturated rings. The van der Waals surface area contributed by atoms with Crippen LogP contribution in [-0.2, 0) is 10.0 Å². The quantitative estimate of drug-likeness (QED) is 0.592. The van der Waals surface area contributed by atoms with Crippen LogP contribution in [0.15, 0.2) is 41.3 Å². The number of sulfonamides is 1. The molecule has 0 unspecified atom stereocenters. The predicted molar refractivity (Wildman–Crippen MR) is 115 cm³/mol. The summed E-state index contributed by atoms with van der Waals surface area (Å²) in [6, 6.07) is 10.2. The molecule has 0 saturated heterocycles. The lowest BCUT2D eigenvalue weighted by atomic mass is 10.1. The predicted octanol–water partition coefficient (Wildman–Crippen LogP) is 3.51. The lowest BCUT2D eigenvalue weighted by Crippen LogP contribution is -2.14. The van der Waals surface area contributed by atoms with Crippen LogP contribution in [0.4, 0.5) is 5.95 Å². The Kier molecular flexibility index (Phi) is 5.33. The number of fused-ring (bicyclic) bond motifs is 1. The van der Waals surface area contributed by atoms with Crippen LogP contribution in [0, 0.1) is 0 Å². The van der Waals surface area contributed by atoms with E-state index in [2.05, 4.69) is 15.3 Å². The van der Waals surface area contributed by atoms with Gasteiger partial charge in [0.2, 0.25) is 21.9 Å². The van der Waals surface area contributed by atoms with Gasteiger partial charge in [0.1, 0.15) is 0 Å². The molecule has 1 atom stereocenters. The first-order chi connectivity index (χ1) is 14.2. The van der Waals surface area contributed by atoms with Crippen molar-refractivity contribution < 1.29 is 13.2 Å². The number of anilines is 1. The number of rotatable bonds is 7. The first-order valence-corrected chi connectivity index (χ1v) is 11.5. The first kappa shape index (κ1) is 20.5. The molecule has 3 N–H and O–H groups in total. The van der Waals surface area contributed by atoms with Crippen molar-refractivity contribution in [1.82, 2.24) is 15.0 Å². The van der Waals surface area contributed by atoms with Gasteiger partial charge in [-0.05, 0) is 63.4 Å². The third-order valence-corrected chi connectivity index (χ3v) is 5.86. The van der Waals surface area contributed by atoms with Crippen molar-refractivity contribution in [3.05, 3.63) is 47.7 Å². The highest BCUT2D eigenvalue weighted by atomic mass is 32.2. The topological polar surface area (TPSA) is 120 Å². The van der Waals surface area contributed by atoms with Crippen LogP contribution >= 0.6 is 0 Å². The molecule has 3 aromatic rings. The maximum absolute atomic E-state index is 11.4. The number of nitrogens with zero attached hydrogens (tertiary/aromatic N) is 3. The highest BCUT2D eigenvalue weighted by molar-refractivity contribution is 7.89. The van der Waals surface area contributed by atoms with Crippen molar-refractivity contribution in [2.75, 3.05) is 5.32 Å². The van der Waals surface area contributed by atoms with E-state index in [-0.39, 0.29) is 17.0 Å². The van der Waals surface area contributed by atoms with Crippen molar-refractivity contribution in [3.8, 4) is 5.88 Å². The molecule has 0 bridgehead atoms. The van der Waals surface area contributed by atoms with Crippen LogP contribution in [0.5, 0.6) is 5.88 Å². The lowest BCUT2D eigenvalue weighted by molar-refractivity contribution is 0.235. The summed E-state index contributed by atoms with van der Waals surface area (Å²) in [5.74, 6) is 1.40. The van der Waals surface area contributed by atoms with Crippen molar-refractivity contribution in [1.29, 1.82) is 0 Å². The van der Waals surface area contributed by atoms with E-state index in [0.717, 1.165) is 11.3 Å². The Morgan fingerprint density at radius 1 is 1.03 bits per heavy atom. The number of nitrogens with one attached hydrogen (secondary N) is 1. The van der Waals surface area contributed by atoms with Gasteiger partial charge in [0.25, 0.3) is 0 Å². The zero-order chi connectivity index (χ0) is 21.5. The molecule has 2 heterocycles. The van der Waals surface area contributed by atoms with Crippen molar-refractivity contribution in [2.24, 2.45) is 5.14 Å². The molecule has 0 spiro atoms. The fourth-order valence-corrected chi connectivity index (χ4v) is 3.72. The second-order valence-corrected chi connectivity index (χ2v) is 9.44. The fraction of sp³-hybridized carbons (Fsp3) is 0.381. The summed E-state index contributed by atoms with van der Waals surface area (Å²) in [5, 5.41) is 8.43. The Balaban J connectivity index is 1.63. The number of ether oxygens (including phenoxy) is 1. The molecule has 4 rings (SSSR count). The summed E-state index contributed by atoms with van der Waals surface area (Å²) >= 11 is 0. The summed E-state index contributed by atoms with van der Waals surface area (Å²) in [5.41, 5.74) is 3.32. The van der Waals surface area contributed by atoms with Crippen molar-refractivity contribution in [2.45, 2.75) is 56.6 Å². The third-order valence-electron chi connectivity index (χ3n) is 4.93. The smallest absolute Gasteiger partial charge is 0.245 e. The fourth-order valence-electron chi connectivity index (χ4n) is 3.20. The van der Waals surface area contributed by atoms with Gasteiger partial charge in [0, 0.05) is 11.6 Å². The molecule has 1 aliphatic rings. The van der Waals surface area contributed by atoms with Crippen LogP contribution in [-0.4, -0.2) is 29.5 Å². The van der Waals surface area contributed by atoms with E-state index in [9.17, 15) is 8.42 Å². The molecular formula is C21H25N5O3S. The van der Waals surface area contributed by atoms with E-state index in [1.165, 1.54) is 25.0 Å². The zero-order valence-corrected chi connectivity index (χ0v) is 18.0. The Hall–Kier alpha value is -2.78. The molecule has 8 nitrogen and oxygen atoms in total. The minimum absolute atomic E-state index is 0.0505. The van der Waals surface area contributed by atoms with Gasteiger partial charge in [-0.2, -0.15) is 4.98 Å². The van der Waals surface area contributed by atoms with Gasteiger partial charge in [0.15, 0.2) is 5.52 Å².